The summed E-state index contributed by atoms with van der Waals surface area (Å²) in [5.41, 5.74) is 0.522. The van der Waals surface area contributed by atoms with E-state index in [1.54, 1.807) is 13.1 Å². The van der Waals surface area contributed by atoms with Crippen LogP contribution in [-0.2, 0) is 0 Å². The number of nitrogens with one attached hydrogen (secondary N) is 1. The fourth-order valence-electron chi connectivity index (χ4n) is 1.97. The van der Waals surface area contributed by atoms with Gasteiger partial charge in [0.25, 0.3) is 0 Å². The summed E-state index contributed by atoms with van der Waals surface area (Å²) >= 11 is 6.12. The van der Waals surface area contributed by atoms with Gasteiger partial charge >= 0.3 is 0 Å². The Morgan fingerprint density at radius 2 is 2.22 bits per heavy atom. The van der Waals surface area contributed by atoms with Crippen molar-refractivity contribution in [1.29, 1.82) is 0 Å². The third-order valence-corrected chi connectivity index (χ3v) is 2.99. The summed E-state index contributed by atoms with van der Waals surface area (Å²) in [6, 6.07) is 1.64. The number of aliphatic hydroxyl groups excluding tert-OH is 1. The molecule has 18 heavy (non-hydrogen) atoms. The molecule has 1 heterocycles. The summed E-state index contributed by atoms with van der Waals surface area (Å²) < 4.78 is 16.3. The molecule has 0 aromatic heterocycles. The van der Waals surface area contributed by atoms with Crippen molar-refractivity contribution in [3.05, 3.63) is 16.7 Å². The third-order valence-electron chi connectivity index (χ3n) is 2.71. The van der Waals surface area contributed by atoms with Gasteiger partial charge in [0.15, 0.2) is 11.5 Å². The zero-order chi connectivity index (χ0) is 13.1. The largest absolute Gasteiger partial charge is 0.495 e. The summed E-state index contributed by atoms with van der Waals surface area (Å²) in [6.45, 7) is 1.28. The van der Waals surface area contributed by atoms with Crippen molar-refractivity contribution < 1.29 is 19.3 Å². The van der Waals surface area contributed by atoms with Gasteiger partial charge in [-0.1, -0.05) is 11.6 Å². The highest BCUT2D eigenvalue weighted by Crippen LogP contribution is 2.46. The normalized spacial score (nSPS) is 15.3. The van der Waals surface area contributed by atoms with E-state index in [1.807, 2.05) is 0 Å². The lowest BCUT2D eigenvalue weighted by Gasteiger charge is -2.25. The van der Waals surface area contributed by atoms with Crippen molar-refractivity contribution in [2.75, 3.05) is 33.9 Å². The lowest BCUT2D eigenvalue weighted by Crippen LogP contribution is -2.22. The fourth-order valence-corrected chi connectivity index (χ4v) is 2.25. The van der Waals surface area contributed by atoms with Crippen LogP contribution in [0.15, 0.2) is 6.07 Å². The van der Waals surface area contributed by atoms with Gasteiger partial charge in [-0.2, -0.15) is 0 Å². The van der Waals surface area contributed by atoms with E-state index in [-0.39, 0.29) is 0 Å². The van der Waals surface area contributed by atoms with E-state index in [0.29, 0.717) is 47.6 Å². The Balaban J connectivity index is 2.54. The Morgan fingerprint density at radius 1 is 1.50 bits per heavy atom. The first-order valence-electron chi connectivity index (χ1n) is 5.67. The van der Waals surface area contributed by atoms with Gasteiger partial charge in [0.2, 0.25) is 0 Å². The molecule has 1 atom stereocenters. The Morgan fingerprint density at radius 3 is 2.89 bits per heavy atom. The van der Waals surface area contributed by atoms with Gasteiger partial charge in [-0.15, -0.1) is 0 Å². The maximum atomic E-state index is 10.2. The van der Waals surface area contributed by atoms with Crippen molar-refractivity contribution in [3.8, 4) is 17.2 Å². The highest BCUT2D eigenvalue weighted by atomic mass is 35.5. The van der Waals surface area contributed by atoms with Gasteiger partial charge < -0.3 is 24.6 Å². The second-order valence-corrected chi connectivity index (χ2v) is 4.31. The molecule has 0 radical (unpaired) electrons. The summed E-state index contributed by atoms with van der Waals surface area (Å²) in [4.78, 5) is 0. The first kappa shape index (κ1) is 13.3. The predicted molar refractivity (Wildman–Crippen MR) is 67.9 cm³/mol. The van der Waals surface area contributed by atoms with E-state index >= 15 is 0 Å². The molecule has 100 valence electrons. The highest BCUT2D eigenvalue weighted by molar-refractivity contribution is 6.32. The second kappa shape index (κ2) is 5.65. The lowest BCUT2D eigenvalue weighted by molar-refractivity contribution is 0.142. The molecule has 0 spiro atoms. The molecule has 1 aliphatic heterocycles. The van der Waals surface area contributed by atoms with Crippen LogP contribution in [0.4, 0.5) is 0 Å². The summed E-state index contributed by atoms with van der Waals surface area (Å²) in [5, 5.41) is 13.5. The Labute approximate surface area is 111 Å². The van der Waals surface area contributed by atoms with E-state index < -0.39 is 6.10 Å². The number of likely N-dealkylation sites (N-methyl/N-ethyl adjacent to an activating group) is 1. The molecule has 2 rings (SSSR count). The molecule has 1 aromatic carbocycles. The van der Waals surface area contributed by atoms with Gasteiger partial charge in [0.05, 0.1) is 23.8 Å². The Bertz CT molecular complexity index is 439. The van der Waals surface area contributed by atoms with Gasteiger partial charge in [0, 0.05) is 12.6 Å². The van der Waals surface area contributed by atoms with Crippen LogP contribution in [0.5, 0.6) is 17.2 Å². The van der Waals surface area contributed by atoms with Crippen molar-refractivity contribution in [3.63, 3.8) is 0 Å². The van der Waals surface area contributed by atoms with Crippen LogP contribution in [0.25, 0.3) is 0 Å². The molecule has 0 saturated carbocycles. The van der Waals surface area contributed by atoms with Crippen molar-refractivity contribution >= 4 is 11.6 Å². The molecule has 1 unspecified atom stereocenters. The molecular weight excluding hydrogens is 258 g/mol. The monoisotopic (exact) mass is 273 g/mol. The van der Waals surface area contributed by atoms with Crippen LogP contribution in [0, 0.1) is 0 Å². The van der Waals surface area contributed by atoms with Crippen molar-refractivity contribution in [2.24, 2.45) is 0 Å². The molecule has 2 N–H and O–H groups in total. The van der Waals surface area contributed by atoms with Gasteiger partial charge in [-0.3, -0.25) is 0 Å². The minimum Gasteiger partial charge on any atom is -0.495 e. The summed E-state index contributed by atoms with van der Waals surface area (Å²) in [7, 11) is 3.26. The molecular formula is C12H16ClNO4. The molecule has 1 aromatic rings. The average Bonchev–Trinajstić information content (AvgIpc) is 2.37. The molecule has 6 heteroatoms. The van der Waals surface area contributed by atoms with E-state index in [0.717, 1.165) is 0 Å². The molecule has 1 aliphatic rings. The molecule has 0 aliphatic carbocycles. The lowest BCUT2D eigenvalue weighted by atomic mass is 10.1. The van der Waals surface area contributed by atoms with Crippen molar-refractivity contribution in [2.45, 2.75) is 6.10 Å². The number of hydrogen-bond acceptors (Lipinski definition) is 5. The van der Waals surface area contributed by atoms with E-state index in [1.165, 1.54) is 7.11 Å². The Kier molecular flexibility index (Phi) is 4.16. The van der Waals surface area contributed by atoms with Gasteiger partial charge in [-0.05, 0) is 7.05 Å². The van der Waals surface area contributed by atoms with E-state index in [4.69, 9.17) is 25.8 Å². The van der Waals surface area contributed by atoms with Crippen LogP contribution >= 0.6 is 11.6 Å². The van der Waals surface area contributed by atoms with Crippen LogP contribution in [0.3, 0.4) is 0 Å². The Hall–Kier alpha value is -1.17. The number of benzene rings is 1. The van der Waals surface area contributed by atoms with E-state index in [2.05, 4.69) is 5.32 Å². The zero-order valence-electron chi connectivity index (χ0n) is 10.3. The van der Waals surface area contributed by atoms with Gasteiger partial charge in [-0.25, -0.2) is 0 Å². The standard InChI is InChI=1S/C12H16ClNO4/c1-14-6-8(15)10-11(16-2)7(13)5-9-12(10)18-4-3-17-9/h5,8,14-15H,3-4,6H2,1-2H3. The molecule has 0 saturated heterocycles. The highest BCUT2D eigenvalue weighted by Gasteiger charge is 2.27. The number of halogens is 1. The molecule has 0 fully saturated rings. The predicted octanol–water partition coefficient (Wildman–Crippen LogP) is 1.37. The number of hydrogen-bond donors (Lipinski definition) is 2. The SMILES string of the molecule is CNCC(O)c1c(OC)c(Cl)cc2c1OCCO2. The number of fused-ring (bicyclic) bond motifs is 1. The number of aliphatic hydroxyl groups is 1. The summed E-state index contributed by atoms with van der Waals surface area (Å²) in [6.07, 6.45) is -0.779. The van der Waals surface area contributed by atoms with Crippen LogP contribution in [-0.4, -0.2) is 39.0 Å². The van der Waals surface area contributed by atoms with E-state index in [9.17, 15) is 5.11 Å². The summed E-state index contributed by atoms with van der Waals surface area (Å²) in [5.74, 6) is 1.46. The second-order valence-electron chi connectivity index (χ2n) is 3.90. The minimum atomic E-state index is -0.779. The maximum Gasteiger partial charge on any atom is 0.171 e. The minimum absolute atomic E-state index is 0.368. The average molecular weight is 274 g/mol. The van der Waals surface area contributed by atoms with Crippen molar-refractivity contribution in [1.82, 2.24) is 5.32 Å². The number of methoxy groups -OCH3 is 1. The smallest absolute Gasteiger partial charge is 0.171 e. The zero-order valence-corrected chi connectivity index (χ0v) is 11.1. The number of rotatable bonds is 4. The first-order chi connectivity index (χ1) is 8.69. The van der Waals surface area contributed by atoms with Crippen LogP contribution in [0.2, 0.25) is 5.02 Å². The third kappa shape index (κ3) is 2.34. The number of ether oxygens (including phenoxy) is 3. The fraction of sp³-hybridized carbons (Fsp3) is 0.500. The first-order valence-corrected chi connectivity index (χ1v) is 6.05. The quantitative estimate of drug-likeness (QED) is 0.868. The molecule has 0 bridgehead atoms. The molecule has 0 amide bonds. The van der Waals surface area contributed by atoms with Crippen LogP contribution < -0.4 is 19.5 Å². The topological polar surface area (TPSA) is 60.0 Å². The maximum absolute atomic E-state index is 10.2. The van der Waals surface area contributed by atoms with Gasteiger partial charge in [0.1, 0.15) is 19.0 Å². The molecule has 5 nitrogen and oxygen atoms in total. The van der Waals surface area contributed by atoms with Crippen LogP contribution in [0.1, 0.15) is 11.7 Å².